The van der Waals surface area contributed by atoms with Crippen molar-refractivity contribution in [2.75, 3.05) is 0 Å². The molecule has 0 saturated heterocycles. The molecule has 0 aromatic heterocycles. The van der Waals surface area contributed by atoms with E-state index in [1.165, 1.54) is 12.1 Å². The molecular formula is C19H19FN4O. The third kappa shape index (κ3) is 2.76. The summed E-state index contributed by atoms with van der Waals surface area (Å²) in [6.45, 7) is 3.76. The smallest absolute Gasteiger partial charge is 0.245 e. The first kappa shape index (κ1) is 17.0. The second kappa shape index (κ2) is 6.60. The van der Waals surface area contributed by atoms with Gasteiger partial charge < -0.3 is 5.32 Å². The van der Waals surface area contributed by atoms with Crippen molar-refractivity contribution >= 4 is 18.0 Å². The van der Waals surface area contributed by atoms with Gasteiger partial charge in [0.2, 0.25) is 5.91 Å². The van der Waals surface area contributed by atoms with Crippen LogP contribution in [0.2, 0.25) is 0 Å². The van der Waals surface area contributed by atoms with Gasteiger partial charge in [0.05, 0.1) is 6.07 Å². The van der Waals surface area contributed by atoms with E-state index in [1.807, 2.05) is 13.0 Å². The van der Waals surface area contributed by atoms with Crippen LogP contribution >= 0.6 is 0 Å². The van der Waals surface area contributed by atoms with Crippen LogP contribution in [0, 0.1) is 23.1 Å². The maximum atomic E-state index is 13.6. The maximum Gasteiger partial charge on any atom is 0.245 e. The zero-order valence-electron chi connectivity index (χ0n) is 14.2. The molecule has 1 aromatic carbocycles. The lowest BCUT2D eigenvalue weighted by atomic mass is 9.78. The van der Waals surface area contributed by atoms with Crippen LogP contribution in [-0.4, -0.2) is 18.0 Å². The molecule has 1 aliphatic heterocycles. The van der Waals surface area contributed by atoms with Crippen molar-refractivity contribution in [3.8, 4) is 6.07 Å². The summed E-state index contributed by atoms with van der Waals surface area (Å²) in [7, 11) is 0. The molecule has 1 heterocycles. The summed E-state index contributed by atoms with van der Waals surface area (Å²) in [5.41, 5.74) is 1.15. The number of hydrogen-bond acceptors (Lipinski definition) is 4. The number of nitriles is 1. The quantitative estimate of drug-likeness (QED) is 0.860. The number of carbonyl (C=O) groups excluding carboxylic acids is 1. The summed E-state index contributed by atoms with van der Waals surface area (Å²) in [6.07, 6.45) is 5.32. The Bertz CT molecular complexity index is 849. The number of allylic oxidation sites excluding steroid dienone is 1. The van der Waals surface area contributed by atoms with Crippen molar-refractivity contribution in [3.63, 3.8) is 0 Å². The predicted molar refractivity (Wildman–Crippen MR) is 93.6 cm³/mol. The molecule has 6 heteroatoms. The fraction of sp³-hybridized carbons (Fsp3) is 0.368. The Balaban J connectivity index is 2.20. The minimum atomic E-state index is -0.981. The second-order valence-corrected chi connectivity index (χ2v) is 6.12. The van der Waals surface area contributed by atoms with Gasteiger partial charge >= 0.3 is 0 Å². The van der Waals surface area contributed by atoms with Crippen LogP contribution in [0.25, 0.3) is 0 Å². The van der Waals surface area contributed by atoms with Gasteiger partial charge in [-0.25, -0.2) is 4.39 Å². The first-order chi connectivity index (χ1) is 12.1. The highest BCUT2D eigenvalue weighted by molar-refractivity contribution is 6.11. The lowest BCUT2D eigenvalue weighted by Gasteiger charge is -2.35. The number of fused-ring (bicyclic) bond motifs is 2. The molecule has 1 aromatic rings. The summed E-state index contributed by atoms with van der Waals surface area (Å²) in [5, 5.41) is 12.3. The van der Waals surface area contributed by atoms with E-state index in [9.17, 15) is 14.4 Å². The summed E-state index contributed by atoms with van der Waals surface area (Å²) in [4.78, 5) is 21.7. The Morgan fingerprint density at radius 3 is 3.08 bits per heavy atom. The van der Waals surface area contributed by atoms with E-state index >= 15 is 0 Å². The van der Waals surface area contributed by atoms with E-state index in [2.05, 4.69) is 16.4 Å². The average molecular weight is 338 g/mol. The summed E-state index contributed by atoms with van der Waals surface area (Å²) in [5.74, 6) is -1.29. The van der Waals surface area contributed by atoms with E-state index in [1.54, 1.807) is 19.2 Å². The van der Waals surface area contributed by atoms with Crippen molar-refractivity contribution in [2.24, 2.45) is 15.9 Å². The highest BCUT2D eigenvalue weighted by Gasteiger charge is 2.52. The SMILES string of the molecule is CC=N/C(=C\CC)C1=NC2(CCc3cc(F)ccc32)C(C#N)C(=O)N1. The van der Waals surface area contributed by atoms with Crippen LogP contribution in [0.4, 0.5) is 4.39 Å². The highest BCUT2D eigenvalue weighted by atomic mass is 19.1. The number of amidine groups is 1. The molecule has 2 unspecified atom stereocenters. The molecule has 0 bridgehead atoms. The Hall–Kier alpha value is -2.81. The van der Waals surface area contributed by atoms with E-state index < -0.39 is 17.4 Å². The van der Waals surface area contributed by atoms with Crippen LogP contribution in [0.1, 0.15) is 37.8 Å². The molecule has 2 aliphatic rings. The largest absolute Gasteiger partial charge is 0.308 e. The third-order valence-electron chi connectivity index (χ3n) is 4.64. The minimum absolute atomic E-state index is 0.323. The Kier molecular flexibility index (Phi) is 4.49. The standard InChI is InChI=1S/C19H19FN4O/c1-3-5-16(22-4-2)17-23-18(25)15(11-21)19(24-17)9-8-12-10-13(20)6-7-14(12)19/h4-7,10,15H,3,8-9H2,1-2H3,(H,23,24,25)/b16-5-,22-4?. The number of carbonyl (C=O) groups is 1. The topological polar surface area (TPSA) is 77.6 Å². The molecular weight excluding hydrogens is 319 g/mol. The minimum Gasteiger partial charge on any atom is -0.308 e. The number of aryl methyl sites for hydroxylation is 1. The van der Waals surface area contributed by atoms with Gasteiger partial charge in [0.15, 0.2) is 11.8 Å². The van der Waals surface area contributed by atoms with Gasteiger partial charge in [0.25, 0.3) is 0 Å². The third-order valence-corrected chi connectivity index (χ3v) is 4.64. The number of amides is 1. The van der Waals surface area contributed by atoms with E-state index in [0.29, 0.717) is 24.4 Å². The molecule has 5 nitrogen and oxygen atoms in total. The van der Waals surface area contributed by atoms with Gasteiger partial charge in [0, 0.05) is 6.21 Å². The van der Waals surface area contributed by atoms with Gasteiger partial charge in [-0.15, -0.1) is 0 Å². The summed E-state index contributed by atoms with van der Waals surface area (Å²) >= 11 is 0. The fourth-order valence-electron chi connectivity index (χ4n) is 3.59. The molecule has 1 spiro atoms. The molecule has 0 saturated carbocycles. The zero-order valence-corrected chi connectivity index (χ0v) is 14.2. The van der Waals surface area contributed by atoms with Gasteiger partial charge in [0.1, 0.15) is 17.1 Å². The van der Waals surface area contributed by atoms with Crippen molar-refractivity contribution in [3.05, 3.63) is 46.9 Å². The molecule has 0 fully saturated rings. The molecule has 1 N–H and O–H groups in total. The van der Waals surface area contributed by atoms with Crippen LogP contribution in [0.3, 0.4) is 0 Å². The van der Waals surface area contributed by atoms with Gasteiger partial charge in [-0.3, -0.25) is 14.8 Å². The molecule has 1 aliphatic carbocycles. The molecule has 3 rings (SSSR count). The summed E-state index contributed by atoms with van der Waals surface area (Å²) < 4.78 is 13.6. The van der Waals surface area contributed by atoms with Crippen LogP contribution in [-0.2, 0) is 16.8 Å². The first-order valence-corrected chi connectivity index (χ1v) is 8.34. The van der Waals surface area contributed by atoms with Crippen molar-refractivity contribution in [1.29, 1.82) is 5.26 Å². The molecule has 1 amide bonds. The number of benzene rings is 1. The normalized spacial score (nSPS) is 25.7. The van der Waals surface area contributed by atoms with Crippen LogP contribution < -0.4 is 5.32 Å². The molecule has 25 heavy (non-hydrogen) atoms. The van der Waals surface area contributed by atoms with Gasteiger partial charge in [-0.05, 0) is 49.4 Å². The lowest BCUT2D eigenvalue weighted by molar-refractivity contribution is -0.124. The second-order valence-electron chi connectivity index (χ2n) is 6.12. The average Bonchev–Trinajstić information content (AvgIpc) is 2.92. The summed E-state index contributed by atoms with van der Waals surface area (Å²) in [6, 6.07) is 6.56. The number of nitrogens with zero attached hydrogens (tertiary/aromatic N) is 3. The molecule has 128 valence electrons. The number of hydrogen-bond donors (Lipinski definition) is 1. The van der Waals surface area contributed by atoms with Gasteiger partial charge in [-0.2, -0.15) is 5.26 Å². The monoisotopic (exact) mass is 338 g/mol. The highest BCUT2D eigenvalue weighted by Crippen LogP contribution is 2.47. The van der Waals surface area contributed by atoms with E-state index in [0.717, 1.165) is 17.5 Å². The lowest BCUT2D eigenvalue weighted by Crippen LogP contribution is -2.50. The van der Waals surface area contributed by atoms with Crippen LogP contribution in [0.5, 0.6) is 0 Å². The van der Waals surface area contributed by atoms with Crippen molar-refractivity contribution in [2.45, 2.75) is 38.6 Å². The number of aliphatic imine (C=N–C) groups is 2. The predicted octanol–water partition coefficient (Wildman–Crippen LogP) is 3.02. The van der Waals surface area contributed by atoms with Crippen molar-refractivity contribution < 1.29 is 9.18 Å². The van der Waals surface area contributed by atoms with Crippen molar-refractivity contribution in [1.82, 2.24) is 5.32 Å². The zero-order chi connectivity index (χ0) is 18.0. The molecule has 2 atom stereocenters. The number of nitrogens with one attached hydrogen (secondary N) is 1. The Labute approximate surface area is 146 Å². The van der Waals surface area contributed by atoms with E-state index in [-0.39, 0.29) is 5.82 Å². The van der Waals surface area contributed by atoms with Gasteiger partial charge in [-0.1, -0.05) is 19.1 Å². The van der Waals surface area contributed by atoms with Crippen LogP contribution in [0.15, 0.2) is 40.0 Å². The molecule has 0 radical (unpaired) electrons. The Morgan fingerprint density at radius 2 is 2.40 bits per heavy atom. The number of halogens is 1. The fourth-order valence-corrected chi connectivity index (χ4v) is 3.59. The van der Waals surface area contributed by atoms with E-state index in [4.69, 9.17) is 4.99 Å². The maximum absolute atomic E-state index is 13.6. The Morgan fingerprint density at radius 1 is 1.60 bits per heavy atom. The number of rotatable bonds is 3. The first-order valence-electron chi connectivity index (χ1n) is 8.34.